The molecule has 1 heterocycles. The predicted octanol–water partition coefficient (Wildman–Crippen LogP) is 2.84. The van der Waals surface area contributed by atoms with Crippen LogP contribution in [-0.2, 0) is 4.79 Å². The number of carbonyl (C=O) groups excluding carboxylic acids is 2. The van der Waals surface area contributed by atoms with Crippen molar-refractivity contribution in [1.82, 2.24) is 10.6 Å². The second-order valence-electron chi connectivity index (χ2n) is 7.86. The van der Waals surface area contributed by atoms with E-state index < -0.39 is 5.41 Å². The lowest BCUT2D eigenvalue weighted by Crippen LogP contribution is -2.31. The monoisotopic (exact) mass is 413 g/mol. The molecule has 8 heteroatoms. The van der Waals surface area contributed by atoms with Crippen LogP contribution in [0.3, 0.4) is 0 Å². The van der Waals surface area contributed by atoms with Crippen LogP contribution >= 0.6 is 12.4 Å². The van der Waals surface area contributed by atoms with Gasteiger partial charge in [-0.15, -0.1) is 12.4 Å². The van der Waals surface area contributed by atoms with Crippen LogP contribution in [0.1, 0.15) is 44.0 Å². The summed E-state index contributed by atoms with van der Waals surface area (Å²) in [6, 6.07) is 3.22. The van der Waals surface area contributed by atoms with E-state index >= 15 is 0 Å². The number of benzene rings is 1. The number of hydrogen-bond acceptors (Lipinski definition) is 5. The number of ether oxygens (including phenoxy) is 2. The minimum atomic E-state index is -0.587. The Morgan fingerprint density at radius 3 is 2.36 bits per heavy atom. The van der Waals surface area contributed by atoms with Crippen LogP contribution in [-0.4, -0.2) is 45.7 Å². The van der Waals surface area contributed by atoms with Crippen LogP contribution in [0, 0.1) is 11.3 Å². The Hall–Kier alpha value is -1.99. The molecule has 1 aromatic carbocycles. The molecule has 0 bridgehead atoms. The van der Waals surface area contributed by atoms with Gasteiger partial charge in [-0.3, -0.25) is 9.59 Å². The number of nitrogens with one attached hydrogen (secondary N) is 3. The molecule has 0 aliphatic carbocycles. The molecule has 28 heavy (non-hydrogen) atoms. The molecule has 0 radical (unpaired) electrons. The zero-order chi connectivity index (χ0) is 20.0. The third kappa shape index (κ3) is 6.27. The van der Waals surface area contributed by atoms with Crippen LogP contribution < -0.4 is 25.4 Å². The number of amides is 2. The van der Waals surface area contributed by atoms with Crippen molar-refractivity contribution in [2.45, 2.75) is 33.6 Å². The van der Waals surface area contributed by atoms with Crippen molar-refractivity contribution in [2.75, 3.05) is 39.2 Å². The molecule has 0 spiro atoms. The molecule has 1 saturated heterocycles. The average molecular weight is 414 g/mol. The highest BCUT2D eigenvalue weighted by molar-refractivity contribution is 6.05. The minimum absolute atomic E-state index is 0. The summed E-state index contributed by atoms with van der Waals surface area (Å²) in [6.45, 7) is 8.08. The van der Waals surface area contributed by atoms with Gasteiger partial charge in [0.15, 0.2) is 11.5 Å². The van der Waals surface area contributed by atoms with Crippen molar-refractivity contribution in [3.05, 3.63) is 17.7 Å². The maximum Gasteiger partial charge on any atom is 0.253 e. The van der Waals surface area contributed by atoms with Gasteiger partial charge in [-0.05, 0) is 37.9 Å². The maximum absolute atomic E-state index is 12.8. The fourth-order valence-corrected chi connectivity index (χ4v) is 2.93. The van der Waals surface area contributed by atoms with Gasteiger partial charge in [0.25, 0.3) is 5.91 Å². The summed E-state index contributed by atoms with van der Waals surface area (Å²) in [4.78, 5) is 25.2. The molecule has 2 amide bonds. The molecular weight excluding hydrogens is 382 g/mol. The number of anilines is 1. The highest BCUT2D eigenvalue weighted by Gasteiger charge is 2.25. The van der Waals surface area contributed by atoms with Crippen LogP contribution in [0.4, 0.5) is 5.69 Å². The number of methoxy groups -OCH3 is 2. The van der Waals surface area contributed by atoms with Crippen LogP contribution in [0.5, 0.6) is 11.5 Å². The van der Waals surface area contributed by atoms with Gasteiger partial charge in [0.2, 0.25) is 5.91 Å². The van der Waals surface area contributed by atoms with Gasteiger partial charge in [0.05, 0.1) is 25.5 Å². The first kappa shape index (κ1) is 24.0. The Labute approximate surface area is 173 Å². The van der Waals surface area contributed by atoms with Crippen LogP contribution in [0.25, 0.3) is 0 Å². The molecule has 3 N–H and O–H groups in total. The molecule has 1 aliphatic rings. The molecule has 158 valence electrons. The van der Waals surface area contributed by atoms with E-state index in [1.807, 2.05) is 20.8 Å². The lowest BCUT2D eigenvalue weighted by Gasteiger charge is -2.21. The van der Waals surface area contributed by atoms with E-state index in [-0.39, 0.29) is 24.2 Å². The molecule has 1 atom stereocenters. The van der Waals surface area contributed by atoms with Gasteiger partial charge in [0.1, 0.15) is 0 Å². The summed E-state index contributed by atoms with van der Waals surface area (Å²) in [5.41, 5.74) is 0.179. The highest BCUT2D eigenvalue weighted by atomic mass is 35.5. The van der Waals surface area contributed by atoms with E-state index in [9.17, 15) is 9.59 Å². The molecule has 0 saturated carbocycles. The molecule has 1 aromatic rings. The summed E-state index contributed by atoms with van der Waals surface area (Å²) < 4.78 is 10.6. The Morgan fingerprint density at radius 2 is 1.82 bits per heavy atom. The Bertz CT molecular complexity index is 683. The van der Waals surface area contributed by atoms with Gasteiger partial charge in [-0.1, -0.05) is 20.8 Å². The van der Waals surface area contributed by atoms with Crippen LogP contribution in [0.15, 0.2) is 12.1 Å². The topological polar surface area (TPSA) is 88.7 Å². The zero-order valence-electron chi connectivity index (χ0n) is 17.3. The fourth-order valence-electron chi connectivity index (χ4n) is 2.93. The first-order chi connectivity index (χ1) is 12.8. The molecule has 1 unspecified atom stereocenters. The largest absolute Gasteiger partial charge is 0.493 e. The number of rotatable bonds is 7. The van der Waals surface area contributed by atoms with Crippen LogP contribution in [0.2, 0.25) is 0 Å². The number of carbonyl (C=O) groups is 2. The molecule has 2 rings (SSSR count). The lowest BCUT2D eigenvalue weighted by molar-refractivity contribution is -0.123. The second kappa shape index (κ2) is 10.5. The van der Waals surface area contributed by atoms with Crippen molar-refractivity contribution < 1.29 is 19.1 Å². The van der Waals surface area contributed by atoms with Gasteiger partial charge in [-0.2, -0.15) is 0 Å². The number of halogens is 1. The standard InChI is InChI=1S/C20H31N3O4.ClH/c1-20(2,3)19(25)23-15-11-17(27-5)16(26-4)10-14(15)18(24)22-9-7-13-6-8-21-12-13;/h10-11,13,21H,6-9,12H2,1-5H3,(H,22,24)(H,23,25);1H. The van der Waals surface area contributed by atoms with E-state index in [2.05, 4.69) is 16.0 Å². The van der Waals surface area contributed by atoms with E-state index in [0.717, 1.165) is 25.9 Å². The first-order valence-electron chi connectivity index (χ1n) is 9.32. The zero-order valence-corrected chi connectivity index (χ0v) is 18.1. The molecule has 1 aliphatic heterocycles. The summed E-state index contributed by atoms with van der Waals surface area (Å²) >= 11 is 0. The first-order valence-corrected chi connectivity index (χ1v) is 9.32. The Kier molecular flexibility index (Phi) is 9.04. The summed E-state index contributed by atoms with van der Waals surface area (Å²) in [5.74, 6) is 1.06. The van der Waals surface area contributed by atoms with Gasteiger partial charge in [0, 0.05) is 18.0 Å². The SMILES string of the molecule is COc1cc(NC(=O)C(C)(C)C)c(C(=O)NCCC2CCNC2)cc1OC.Cl. The lowest BCUT2D eigenvalue weighted by atomic mass is 9.95. The Morgan fingerprint density at radius 1 is 1.18 bits per heavy atom. The van der Waals surface area contributed by atoms with E-state index in [0.29, 0.717) is 35.2 Å². The minimum Gasteiger partial charge on any atom is -0.493 e. The normalized spacial score (nSPS) is 16.1. The summed E-state index contributed by atoms with van der Waals surface area (Å²) in [5, 5.41) is 9.12. The van der Waals surface area contributed by atoms with Crippen molar-refractivity contribution in [2.24, 2.45) is 11.3 Å². The average Bonchev–Trinajstić information content (AvgIpc) is 3.13. The van der Waals surface area contributed by atoms with Gasteiger partial charge in [-0.25, -0.2) is 0 Å². The highest BCUT2D eigenvalue weighted by Crippen LogP contribution is 2.34. The maximum atomic E-state index is 12.8. The molecule has 0 aromatic heterocycles. The van der Waals surface area contributed by atoms with E-state index in [1.54, 1.807) is 12.1 Å². The van der Waals surface area contributed by atoms with E-state index in [4.69, 9.17) is 9.47 Å². The van der Waals surface area contributed by atoms with Crippen molar-refractivity contribution in [3.63, 3.8) is 0 Å². The van der Waals surface area contributed by atoms with Crippen molar-refractivity contribution >= 4 is 29.9 Å². The summed E-state index contributed by atoms with van der Waals surface area (Å²) in [6.07, 6.45) is 2.06. The molecular formula is C20H32ClN3O4. The fraction of sp³-hybridized carbons (Fsp3) is 0.600. The summed E-state index contributed by atoms with van der Waals surface area (Å²) in [7, 11) is 3.03. The predicted molar refractivity (Wildman–Crippen MR) is 113 cm³/mol. The molecule has 7 nitrogen and oxygen atoms in total. The smallest absolute Gasteiger partial charge is 0.253 e. The molecule has 1 fully saturated rings. The third-order valence-electron chi connectivity index (χ3n) is 4.70. The quantitative estimate of drug-likeness (QED) is 0.639. The van der Waals surface area contributed by atoms with Crippen molar-refractivity contribution in [3.8, 4) is 11.5 Å². The third-order valence-corrected chi connectivity index (χ3v) is 4.70. The van der Waals surface area contributed by atoms with Crippen molar-refractivity contribution in [1.29, 1.82) is 0 Å². The van der Waals surface area contributed by atoms with Gasteiger partial charge < -0.3 is 25.4 Å². The Balaban J connectivity index is 0.00000392. The van der Waals surface area contributed by atoms with E-state index in [1.165, 1.54) is 14.2 Å². The van der Waals surface area contributed by atoms with Gasteiger partial charge >= 0.3 is 0 Å². The number of hydrogen-bond donors (Lipinski definition) is 3. The second-order valence-corrected chi connectivity index (χ2v) is 7.86.